The maximum absolute atomic E-state index is 13.0. The summed E-state index contributed by atoms with van der Waals surface area (Å²) in [4.78, 5) is 26.0. The molecule has 1 N–H and O–H groups in total. The molecule has 1 aromatic carbocycles. The number of halogens is 3. The van der Waals surface area contributed by atoms with Gasteiger partial charge in [0.15, 0.2) is 0 Å². The molecule has 2 saturated heterocycles. The highest BCUT2D eigenvalue weighted by atomic mass is 32.1. The molecule has 2 atom stereocenters. The maximum atomic E-state index is 13.0. The normalized spacial score (nSPS) is 21.6. The number of anilines is 2. The zero-order valence-corrected chi connectivity index (χ0v) is 17.4. The van der Waals surface area contributed by atoms with Crippen LogP contribution in [0.5, 0.6) is 0 Å². The van der Waals surface area contributed by atoms with E-state index in [1.165, 1.54) is 0 Å². The average Bonchev–Trinajstić information content (AvgIpc) is 3.10. The van der Waals surface area contributed by atoms with Gasteiger partial charge in [0.2, 0.25) is 11.0 Å². The molecular weight excluding hydrogens is 437 g/mol. The van der Waals surface area contributed by atoms with Gasteiger partial charge in [0, 0.05) is 25.3 Å². The van der Waals surface area contributed by atoms with Gasteiger partial charge in [-0.3, -0.25) is 4.79 Å². The van der Waals surface area contributed by atoms with Gasteiger partial charge in [0.1, 0.15) is 5.01 Å². The number of piperidine rings is 1. The van der Waals surface area contributed by atoms with E-state index in [1.54, 1.807) is 11.3 Å². The highest BCUT2D eigenvalue weighted by Crippen LogP contribution is 2.31. The number of benzene rings is 1. The molecule has 2 aliphatic heterocycles. The van der Waals surface area contributed by atoms with Crippen LogP contribution in [0.25, 0.3) is 0 Å². The van der Waals surface area contributed by atoms with Crippen molar-refractivity contribution in [3.05, 3.63) is 35.3 Å². The molecule has 8 nitrogen and oxygen atoms in total. The molecule has 2 aromatic rings. The number of aliphatic carboxylic acids is 1. The molecule has 0 aliphatic carbocycles. The van der Waals surface area contributed by atoms with Gasteiger partial charge in [-0.05, 0) is 25.5 Å². The largest absolute Gasteiger partial charge is 0.490 e. The number of rotatable bonds is 2. The van der Waals surface area contributed by atoms with Gasteiger partial charge in [-0.2, -0.15) is 13.2 Å². The minimum absolute atomic E-state index is 0.0795. The first kappa shape index (κ1) is 22.9. The van der Waals surface area contributed by atoms with Crippen molar-refractivity contribution in [2.24, 2.45) is 5.92 Å². The molecule has 0 radical (unpaired) electrons. The summed E-state index contributed by atoms with van der Waals surface area (Å²) in [7, 11) is 0. The topological polar surface area (TPSA) is 95.9 Å². The van der Waals surface area contributed by atoms with Crippen molar-refractivity contribution >= 4 is 34.0 Å². The van der Waals surface area contributed by atoms with Crippen LogP contribution >= 0.6 is 11.3 Å². The van der Waals surface area contributed by atoms with Gasteiger partial charge in [-0.1, -0.05) is 29.5 Å². The second-order valence-corrected chi connectivity index (χ2v) is 8.14. The number of amides is 1. The summed E-state index contributed by atoms with van der Waals surface area (Å²) < 4.78 is 37.8. The number of carbonyl (C=O) groups excluding carboxylic acids is 1. The number of hydrogen-bond acceptors (Lipinski definition) is 7. The van der Waals surface area contributed by atoms with Crippen LogP contribution < -0.4 is 9.80 Å². The first-order valence-electron chi connectivity index (χ1n) is 9.50. The number of nitrogens with zero attached hydrogens (tertiary/aromatic N) is 4. The molecule has 0 bridgehead atoms. The van der Waals surface area contributed by atoms with E-state index in [1.807, 2.05) is 42.2 Å². The third-order valence-corrected chi connectivity index (χ3v) is 5.78. The van der Waals surface area contributed by atoms with Gasteiger partial charge in [0.25, 0.3) is 0 Å². The highest BCUT2D eigenvalue weighted by Gasteiger charge is 2.40. The number of alkyl halides is 3. The summed E-state index contributed by atoms with van der Waals surface area (Å²) >= 11 is 1.59. The summed E-state index contributed by atoms with van der Waals surface area (Å²) in [5.74, 6) is -2.66. The van der Waals surface area contributed by atoms with Crippen LogP contribution in [0.3, 0.4) is 0 Å². The van der Waals surface area contributed by atoms with Crippen LogP contribution in [0.4, 0.5) is 24.0 Å². The average molecular weight is 458 g/mol. The van der Waals surface area contributed by atoms with E-state index in [4.69, 9.17) is 14.6 Å². The van der Waals surface area contributed by atoms with Crippen molar-refractivity contribution in [1.29, 1.82) is 0 Å². The van der Waals surface area contributed by atoms with E-state index >= 15 is 0 Å². The van der Waals surface area contributed by atoms with Crippen LogP contribution in [-0.4, -0.2) is 65.7 Å². The van der Waals surface area contributed by atoms with E-state index in [0.29, 0.717) is 19.7 Å². The molecule has 4 rings (SSSR count). The lowest BCUT2D eigenvalue weighted by atomic mass is 9.92. The monoisotopic (exact) mass is 458 g/mol. The van der Waals surface area contributed by atoms with E-state index in [2.05, 4.69) is 15.1 Å². The van der Waals surface area contributed by atoms with Gasteiger partial charge in [-0.25, -0.2) is 4.79 Å². The number of carbonyl (C=O) groups is 2. The Kier molecular flexibility index (Phi) is 7.11. The van der Waals surface area contributed by atoms with Gasteiger partial charge >= 0.3 is 12.1 Å². The fraction of sp³-hybridized carbons (Fsp3) is 0.474. The molecule has 0 spiro atoms. The molecule has 1 aromatic heterocycles. The Hall–Kier alpha value is -2.73. The zero-order chi connectivity index (χ0) is 22.6. The standard InChI is InChI=1S/C17H20N4O2S.C2HF3O2/c1-12-18-19-17(24-12)20-8-7-14-15(11-20)23-10-9-21(16(14)22)13-5-3-2-4-6-13;3-2(4,5)1(6)7/h2-6,14-15H,7-11H2,1H3;(H,6,7)/t14-,15+;/m1./s1. The van der Waals surface area contributed by atoms with Crippen molar-refractivity contribution in [2.45, 2.75) is 25.6 Å². The van der Waals surface area contributed by atoms with Crippen LogP contribution in [-0.2, 0) is 14.3 Å². The maximum Gasteiger partial charge on any atom is 0.490 e. The molecule has 3 heterocycles. The number of aryl methyl sites for hydroxylation is 1. The summed E-state index contributed by atoms with van der Waals surface area (Å²) in [5, 5.41) is 17.3. The fourth-order valence-corrected chi connectivity index (χ4v) is 4.15. The predicted molar refractivity (Wildman–Crippen MR) is 107 cm³/mol. The molecule has 0 unspecified atom stereocenters. The Bertz CT molecular complexity index is 909. The van der Waals surface area contributed by atoms with Crippen molar-refractivity contribution in [3.63, 3.8) is 0 Å². The number of carboxylic acid groups (broad SMARTS) is 1. The first-order valence-corrected chi connectivity index (χ1v) is 10.3. The number of para-hydroxylation sites is 1. The van der Waals surface area contributed by atoms with E-state index in [0.717, 1.165) is 28.8 Å². The minimum atomic E-state index is -5.08. The SMILES string of the molecule is Cc1nnc(N2CC[C@H]3C(=O)N(c4ccccc4)CCO[C@H]3C2)s1.O=C(O)C(F)(F)F. The first-order chi connectivity index (χ1) is 14.7. The molecule has 168 valence electrons. The molecule has 12 heteroatoms. The Morgan fingerprint density at radius 1 is 1.23 bits per heavy atom. The highest BCUT2D eigenvalue weighted by molar-refractivity contribution is 7.15. The van der Waals surface area contributed by atoms with E-state index in [9.17, 15) is 18.0 Å². The fourth-order valence-electron chi connectivity index (χ4n) is 3.43. The Balaban J connectivity index is 0.000000339. The Morgan fingerprint density at radius 3 is 2.48 bits per heavy atom. The Labute approximate surface area is 180 Å². The number of fused-ring (bicyclic) bond motifs is 1. The number of hydrogen-bond donors (Lipinski definition) is 1. The van der Waals surface area contributed by atoms with Gasteiger partial charge < -0.3 is 19.6 Å². The smallest absolute Gasteiger partial charge is 0.475 e. The molecular formula is C19H21F3N4O4S. The molecule has 0 saturated carbocycles. The lowest BCUT2D eigenvalue weighted by Gasteiger charge is -2.36. The molecule has 31 heavy (non-hydrogen) atoms. The summed E-state index contributed by atoms with van der Waals surface area (Å²) in [5.41, 5.74) is 0.953. The van der Waals surface area contributed by atoms with Crippen LogP contribution in [0.2, 0.25) is 0 Å². The summed E-state index contributed by atoms with van der Waals surface area (Å²) in [6.07, 6.45) is -4.38. The number of ether oxygens (including phenoxy) is 1. The zero-order valence-electron chi connectivity index (χ0n) is 16.6. The molecule has 2 aliphatic rings. The third-order valence-electron chi connectivity index (χ3n) is 4.89. The second-order valence-electron chi connectivity index (χ2n) is 6.98. The van der Waals surface area contributed by atoms with Crippen molar-refractivity contribution < 1.29 is 32.6 Å². The molecule has 1 amide bonds. The van der Waals surface area contributed by atoms with Crippen molar-refractivity contribution in [1.82, 2.24) is 10.2 Å². The molecule has 2 fully saturated rings. The van der Waals surface area contributed by atoms with Crippen LogP contribution in [0, 0.1) is 12.8 Å². The van der Waals surface area contributed by atoms with E-state index < -0.39 is 12.1 Å². The summed E-state index contributed by atoms with van der Waals surface area (Å²) in [6.45, 7) is 4.64. The summed E-state index contributed by atoms with van der Waals surface area (Å²) in [6, 6.07) is 9.86. The van der Waals surface area contributed by atoms with Crippen LogP contribution in [0.15, 0.2) is 30.3 Å². The lowest BCUT2D eigenvalue weighted by Crippen LogP contribution is -2.49. The predicted octanol–water partition coefficient (Wildman–Crippen LogP) is 2.74. The van der Waals surface area contributed by atoms with Gasteiger partial charge in [-0.15, -0.1) is 10.2 Å². The quantitative estimate of drug-likeness (QED) is 0.739. The number of carboxylic acids is 1. The minimum Gasteiger partial charge on any atom is -0.475 e. The second kappa shape index (κ2) is 9.60. The Morgan fingerprint density at radius 2 is 1.90 bits per heavy atom. The number of aromatic nitrogens is 2. The van der Waals surface area contributed by atoms with Gasteiger partial charge in [0.05, 0.1) is 18.6 Å². The lowest BCUT2D eigenvalue weighted by molar-refractivity contribution is -0.192. The third kappa shape index (κ3) is 5.70. The van der Waals surface area contributed by atoms with E-state index in [-0.39, 0.29) is 17.9 Å². The van der Waals surface area contributed by atoms with Crippen LogP contribution in [0.1, 0.15) is 11.4 Å². The van der Waals surface area contributed by atoms with Crippen molar-refractivity contribution in [3.8, 4) is 0 Å². The van der Waals surface area contributed by atoms with Crippen molar-refractivity contribution in [2.75, 3.05) is 36.0 Å².